The minimum Gasteiger partial charge on any atom is -0.348 e. The molecule has 6 heteroatoms. The minimum absolute atomic E-state index is 0.169. The summed E-state index contributed by atoms with van der Waals surface area (Å²) in [5, 5.41) is 6.18. The first kappa shape index (κ1) is 16.9. The van der Waals surface area contributed by atoms with Crippen molar-refractivity contribution >= 4 is 40.9 Å². The molecule has 24 heavy (non-hydrogen) atoms. The second-order valence-electron chi connectivity index (χ2n) is 5.51. The van der Waals surface area contributed by atoms with E-state index in [1.165, 1.54) is 0 Å². The van der Waals surface area contributed by atoms with Crippen LogP contribution in [0.15, 0.2) is 48.5 Å². The standard InChI is InChI=1S/C18H17ClN2O2S/c19-15-7-3-1-5-13(15)17(22)21-16-8-4-2-6-14(16)18(23)20-12-9-10-24-11-12/h1-8,12H,9-11H2,(H,20,23)(H,21,22). The third kappa shape index (κ3) is 3.91. The fourth-order valence-corrected chi connectivity index (χ4v) is 3.91. The Morgan fingerprint density at radius 1 is 1.00 bits per heavy atom. The van der Waals surface area contributed by atoms with Gasteiger partial charge in [-0.05, 0) is 36.4 Å². The summed E-state index contributed by atoms with van der Waals surface area (Å²) in [5.41, 5.74) is 1.31. The van der Waals surface area contributed by atoms with Crippen LogP contribution < -0.4 is 10.6 Å². The average molecular weight is 361 g/mol. The molecule has 2 N–H and O–H groups in total. The van der Waals surface area contributed by atoms with E-state index in [-0.39, 0.29) is 17.9 Å². The van der Waals surface area contributed by atoms with Crippen molar-refractivity contribution in [2.45, 2.75) is 12.5 Å². The van der Waals surface area contributed by atoms with E-state index in [0.717, 1.165) is 17.9 Å². The van der Waals surface area contributed by atoms with Crippen molar-refractivity contribution in [3.63, 3.8) is 0 Å². The quantitative estimate of drug-likeness (QED) is 0.871. The molecule has 0 bridgehead atoms. The highest BCUT2D eigenvalue weighted by Gasteiger charge is 2.21. The van der Waals surface area contributed by atoms with Crippen LogP contribution >= 0.6 is 23.4 Å². The lowest BCUT2D eigenvalue weighted by Gasteiger charge is -2.15. The van der Waals surface area contributed by atoms with Gasteiger partial charge in [0.15, 0.2) is 0 Å². The average Bonchev–Trinajstić information content (AvgIpc) is 3.08. The molecule has 1 heterocycles. The molecule has 1 fully saturated rings. The maximum Gasteiger partial charge on any atom is 0.257 e. The Morgan fingerprint density at radius 3 is 2.42 bits per heavy atom. The van der Waals surface area contributed by atoms with Crippen LogP contribution in [-0.2, 0) is 0 Å². The van der Waals surface area contributed by atoms with Gasteiger partial charge in [-0.25, -0.2) is 0 Å². The van der Waals surface area contributed by atoms with Gasteiger partial charge in [0.1, 0.15) is 0 Å². The molecule has 1 saturated heterocycles. The van der Waals surface area contributed by atoms with Crippen LogP contribution in [0.1, 0.15) is 27.1 Å². The molecule has 0 spiro atoms. The molecule has 3 rings (SSSR count). The highest BCUT2D eigenvalue weighted by atomic mass is 35.5. The number of benzene rings is 2. The molecule has 2 amide bonds. The summed E-state index contributed by atoms with van der Waals surface area (Å²) in [6, 6.07) is 14.0. The van der Waals surface area contributed by atoms with Gasteiger partial charge in [-0.2, -0.15) is 11.8 Å². The lowest BCUT2D eigenvalue weighted by molar-refractivity contribution is 0.0942. The predicted molar refractivity (Wildman–Crippen MR) is 99.0 cm³/mol. The van der Waals surface area contributed by atoms with Crippen LogP contribution in [0.4, 0.5) is 5.69 Å². The van der Waals surface area contributed by atoms with Crippen molar-refractivity contribution in [1.82, 2.24) is 5.32 Å². The molecule has 124 valence electrons. The van der Waals surface area contributed by atoms with Gasteiger partial charge >= 0.3 is 0 Å². The Morgan fingerprint density at radius 2 is 1.71 bits per heavy atom. The van der Waals surface area contributed by atoms with E-state index >= 15 is 0 Å². The molecule has 2 aromatic rings. The first-order chi connectivity index (χ1) is 11.6. The van der Waals surface area contributed by atoms with Gasteiger partial charge in [-0.1, -0.05) is 35.9 Å². The van der Waals surface area contributed by atoms with Crippen LogP contribution in [0.2, 0.25) is 5.02 Å². The van der Waals surface area contributed by atoms with Crippen LogP contribution in [0.25, 0.3) is 0 Å². The van der Waals surface area contributed by atoms with E-state index in [1.54, 1.807) is 48.5 Å². The van der Waals surface area contributed by atoms with Crippen LogP contribution in [0, 0.1) is 0 Å². The van der Waals surface area contributed by atoms with Crippen LogP contribution in [-0.4, -0.2) is 29.4 Å². The lowest BCUT2D eigenvalue weighted by atomic mass is 10.1. The fourth-order valence-electron chi connectivity index (χ4n) is 2.54. The molecule has 4 nitrogen and oxygen atoms in total. The van der Waals surface area contributed by atoms with Gasteiger partial charge in [0, 0.05) is 11.8 Å². The Bertz CT molecular complexity index is 760. The number of hydrogen-bond donors (Lipinski definition) is 2. The van der Waals surface area contributed by atoms with E-state index in [9.17, 15) is 9.59 Å². The maximum atomic E-state index is 12.5. The second kappa shape index (κ2) is 7.73. The van der Waals surface area contributed by atoms with Gasteiger partial charge in [-0.15, -0.1) is 0 Å². The molecule has 0 aromatic heterocycles. The SMILES string of the molecule is O=C(Nc1ccccc1C(=O)NC1CCSC1)c1ccccc1Cl. The summed E-state index contributed by atoms with van der Waals surface area (Å²) in [7, 11) is 0. The largest absolute Gasteiger partial charge is 0.348 e. The third-order valence-electron chi connectivity index (χ3n) is 3.80. The molecule has 1 atom stereocenters. The number of hydrogen-bond acceptors (Lipinski definition) is 3. The number of thioether (sulfide) groups is 1. The Hall–Kier alpha value is -1.98. The smallest absolute Gasteiger partial charge is 0.257 e. The highest BCUT2D eigenvalue weighted by Crippen LogP contribution is 2.21. The zero-order chi connectivity index (χ0) is 16.9. The number of para-hydroxylation sites is 1. The van der Waals surface area contributed by atoms with Gasteiger partial charge in [0.05, 0.1) is 21.8 Å². The normalized spacial score (nSPS) is 16.6. The van der Waals surface area contributed by atoms with E-state index < -0.39 is 0 Å². The number of amides is 2. The molecule has 2 aromatic carbocycles. The van der Waals surface area contributed by atoms with Crippen molar-refractivity contribution in [1.29, 1.82) is 0 Å². The number of halogens is 1. The number of carbonyl (C=O) groups excluding carboxylic acids is 2. The Labute approximate surface area is 150 Å². The zero-order valence-corrected chi connectivity index (χ0v) is 14.5. The molecular weight excluding hydrogens is 344 g/mol. The minimum atomic E-state index is -0.336. The van der Waals surface area contributed by atoms with E-state index in [1.807, 2.05) is 11.8 Å². The van der Waals surface area contributed by atoms with Crippen LogP contribution in [0.5, 0.6) is 0 Å². The van der Waals surface area contributed by atoms with Crippen molar-refractivity contribution < 1.29 is 9.59 Å². The Kier molecular flexibility index (Phi) is 5.43. The van der Waals surface area contributed by atoms with E-state index in [2.05, 4.69) is 10.6 Å². The summed E-state index contributed by atoms with van der Waals surface area (Å²) in [4.78, 5) is 24.9. The summed E-state index contributed by atoms with van der Waals surface area (Å²) in [6.07, 6.45) is 0.977. The molecule has 1 aliphatic heterocycles. The number of carbonyl (C=O) groups is 2. The van der Waals surface area contributed by atoms with Gasteiger partial charge in [0.2, 0.25) is 0 Å². The summed E-state index contributed by atoms with van der Waals surface area (Å²) in [6.45, 7) is 0. The number of nitrogens with one attached hydrogen (secondary N) is 2. The Balaban J connectivity index is 1.77. The zero-order valence-electron chi connectivity index (χ0n) is 12.9. The monoisotopic (exact) mass is 360 g/mol. The lowest BCUT2D eigenvalue weighted by Crippen LogP contribution is -2.35. The summed E-state index contributed by atoms with van der Waals surface area (Å²) >= 11 is 7.89. The van der Waals surface area contributed by atoms with Gasteiger partial charge in [-0.3, -0.25) is 9.59 Å². The van der Waals surface area contributed by atoms with E-state index in [4.69, 9.17) is 11.6 Å². The first-order valence-electron chi connectivity index (χ1n) is 7.68. The fraction of sp³-hybridized carbons (Fsp3) is 0.222. The molecular formula is C18H17ClN2O2S. The molecule has 1 aliphatic rings. The molecule has 0 radical (unpaired) electrons. The van der Waals surface area contributed by atoms with Gasteiger partial charge < -0.3 is 10.6 Å². The molecule has 1 unspecified atom stereocenters. The van der Waals surface area contributed by atoms with Crippen LogP contribution in [0.3, 0.4) is 0 Å². The van der Waals surface area contributed by atoms with Gasteiger partial charge in [0.25, 0.3) is 11.8 Å². The topological polar surface area (TPSA) is 58.2 Å². The third-order valence-corrected chi connectivity index (χ3v) is 5.30. The maximum absolute atomic E-state index is 12.5. The predicted octanol–water partition coefficient (Wildman–Crippen LogP) is 3.83. The molecule has 0 aliphatic carbocycles. The number of anilines is 1. The van der Waals surface area contributed by atoms with Crippen molar-refractivity contribution in [3.05, 3.63) is 64.7 Å². The van der Waals surface area contributed by atoms with Crippen molar-refractivity contribution in [3.8, 4) is 0 Å². The van der Waals surface area contributed by atoms with Crippen molar-refractivity contribution in [2.75, 3.05) is 16.8 Å². The summed E-state index contributed by atoms with van der Waals surface area (Å²) in [5.74, 6) is 1.49. The summed E-state index contributed by atoms with van der Waals surface area (Å²) < 4.78 is 0. The molecule has 0 saturated carbocycles. The van der Waals surface area contributed by atoms with Crippen molar-refractivity contribution in [2.24, 2.45) is 0 Å². The van der Waals surface area contributed by atoms with E-state index in [0.29, 0.717) is 21.8 Å². The first-order valence-corrected chi connectivity index (χ1v) is 9.22. The highest BCUT2D eigenvalue weighted by molar-refractivity contribution is 7.99. The number of rotatable bonds is 4. The second-order valence-corrected chi connectivity index (χ2v) is 7.07.